The van der Waals surface area contributed by atoms with Crippen molar-refractivity contribution in [3.05, 3.63) is 33.3 Å². The van der Waals surface area contributed by atoms with Gasteiger partial charge < -0.3 is 5.32 Å². The van der Waals surface area contributed by atoms with Gasteiger partial charge in [0.1, 0.15) is 0 Å². The Labute approximate surface area is 130 Å². The van der Waals surface area contributed by atoms with E-state index in [1.807, 2.05) is 12.1 Å². The monoisotopic (exact) mass is 346 g/mol. The summed E-state index contributed by atoms with van der Waals surface area (Å²) in [7, 11) is 0. The first-order valence-corrected chi connectivity index (χ1v) is 7.99. The SMILES string of the molecule is CC(C)N(CCNCc1ccc(Br)c(Cl)c1)C(C)C. The van der Waals surface area contributed by atoms with Crippen molar-refractivity contribution in [2.75, 3.05) is 13.1 Å². The molecule has 0 aliphatic heterocycles. The van der Waals surface area contributed by atoms with Gasteiger partial charge in [-0.15, -0.1) is 0 Å². The first-order valence-electron chi connectivity index (χ1n) is 6.82. The minimum Gasteiger partial charge on any atom is -0.311 e. The number of rotatable bonds is 7. The van der Waals surface area contributed by atoms with Crippen LogP contribution in [0.3, 0.4) is 0 Å². The van der Waals surface area contributed by atoms with Gasteiger partial charge in [-0.25, -0.2) is 0 Å². The van der Waals surface area contributed by atoms with Crippen molar-refractivity contribution in [2.24, 2.45) is 0 Å². The second-order valence-electron chi connectivity index (χ2n) is 5.35. The van der Waals surface area contributed by atoms with Gasteiger partial charge in [-0.05, 0) is 61.3 Å². The molecule has 2 nitrogen and oxygen atoms in total. The third-order valence-electron chi connectivity index (χ3n) is 3.19. The minimum atomic E-state index is 0.587. The van der Waals surface area contributed by atoms with Gasteiger partial charge in [0, 0.05) is 36.2 Å². The number of hydrogen-bond donors (Lipinski definition) is 1. The molecule has 1 rings (SSSR count). The highest BCUT2D eigenvalue weighted by atomic mass is 79.9. The van der Waals surface area contributed by atoms with Gasteiger partial charge in [0.05, 0.1) is 5.02 Å². The molecular formula is C15H24BrClN2. The van der Waals surface area contributed by atoms with Gasteiger partial charge >= 0.3 is 0 Å². The van der Waals surface area contributed by atoms with Crippen molar-refractivity contribution in [2.45, 2.75) is 46.3 Å². The van der Waals surface area contributed by atoms with E-state index >= 15 is 0 Å². The molecule has 1 aromatic rings. The van der Waals surface area contributed by atoms with Crippen molar-refractivity contribution in [1.82, 2.24) is 10.2 Å². The van der Waals surface area contributed by atoms with Gasteiger partial charge in [-0.3, -0.25) is 4.90 Å². The van der Waals surface area contributed by atoms with Gasteiger partial charge in [0.2, 0.25) is 0 Å². The lowest BCUT2D eigenvalue weighted by Crippen LogP contribution is -2.41. The fourth-order valence-corrected chi connectivity index (χ4v) is 2.65. The topological polar surface area (TPSA) is 15.3 Å². The van der Waals surface area contributed by atoms with Gasteiger partial charge in [-0.1, -0.05) is 17.7 Å². The highest BCUT2D eigenvalue weighted by molar-refractivity contribution is 9.10. The van der Waals surface area contributed by atoms with Crippen molar-refractivity contribution in [3.63, 3.8) is 0 Å². The molecule has 0 aromatic heterocycles. The molecular weight excluding hydrogens is 324 g/mol. The summed E-state index contributed by atoms with van der Waals surface area (Å²) in [4.78, 5) is 2.49. The van der Waals surface area contributed by atoms with Gasteiger partial charge in [0.25, 0.3) is 0 Å². The van der Waals surface area contributed by atoms with Crippen molar-refractivity contribution in [3.8, 4) is 0 Å². The van der Waals surface area contributed by atoms with Crippen LogP contribution in [0, 0.1) is 0 Å². The Hall–Kier alpha value is -0.0900. The molecule has 0 aliphatic carbocycles. The van der Waals surface area contributed by atoms with E-state index in [2.05, 4.69) is 59.9 Å². The Morgan fingerprint density at radius 2 is 1.84 bits per heavy atom. The molecule has 4 heteroatoms. The number of hydrogen-bond acceptors (Lipinski definition) is 2. The molecule has 0 radical (unpaired) electrons. The molecule has 0 spiro atoms. The third kappa shape index (κ3) is 5.82. The van der Waals surface area contributed by atoms with Crippen LogP contribution in [0.1, 0.15) is 33.3 Å². The van der Waals surface area contributed by atoms with Gasteiger partial charge in [-0.2, -0.15) is 0 Å². The lowest BCUT2D eigenvalue weighted by Gasteiger charge is -2.30. The van der Waals surface area contributed by atoms with Crippen LogP contribution in [-0.4, -0.2) is 30.1 Å². The first kappa shape index (κ1) is 17.0. The Bertz CT molecular complexity index is 386. The fourth-order valence-electron chi connectivity index (χ4n) is 2.20. The second kappa shape index (κ2) is 8.25. The number of benzene rings is 1. The Morgan fingerprint density at radius 1 is 1.21 bits per heavy atom. The Morgan fingerprint density at radius 3 is 2.37 bits per heavy atom. The standard InChI is InChI=1S/C15H24BrClN2/c1-11(2)19(12(3)4)8-7-18-10-13-5-6-14(16)15(17)9-13/h5-6,9,11-12,18H,7-8,10H2,1-4H3. The molecule has 0 fully saturated rings. The lowest BCUT2D eigenvalue weighted by atomic mass is 10.2. The van der Waals surface area contributed by atoms with Crippen LogP contribution < -0.4 is 5.32 Å². The van der Waals surface area contributed by atoms with Crippen molar-refractivity contribution < 1.29 is 0 Å². The largest absolute Gasteiger partial charge is 0.311 e. The molecule has 1 aromatic carbocycles. The quantitative estimate of drug-likeness (QED) is 0.739. The third-order valence-corrected chi connectivity index (χ3v) is 4.42. The zero-order chi connectivity index (χ0) is 14.4. The lowest BCUT2D eigenvalue weighted by molar-refractivity contribution is 0.176. The molecule has 19 heavy (non-hydrogen) atoms. The van der Waals surface area contributed by atoms with Crippen LogP contribution in [0.4, 0.5) is 0 Å². The molecule has 0 aliphatic rings. The summed E-state index contributed by atoms with van der Waals surface area (Å²) in [5, 5.41) is 4.24. The summed E-state index contributed by atoms with van der Waals surface area (Å²) in [5.74, 6) is 0. The van der Waals surface area contributed by atoms with E-state index in [9.17, 15) is 0 Å². The maximum absolute atomic E-state index is 6.08. The summed E-state index contributed by atoms with van der Waals surface area (Å²) in [5.41, 5.74) is 1.22. The maximum Gasteiger partial charge on any atom is 0.0551 e. The molecule has 0 bridgehead atoms. The average Bonchev–Trinajstić information content (AvgIpc) is 2.32. The van der Waals surface area contributed by atoms with Crippen LogP contribution >= 0.6 is 27.5 Å². The molecule has 0 amide bonds. The summed E-state index contributed by atoms with van der Waals surface area (Å²) in [6, 6.07) is 7.26. The van der Waals surface area contributed by atoms with Crippen LogP contribution in [0.5, 0.6) is 0 Å². The molecule has 108 valence electrons. The molecule has 0 saturated carbocycles. The van der Waals surface area contributed by atoms with E-state index in [-0.39, 0.29) is 0 Å². The first-order chi connectivity index (χ1) is 8.91. The van der Waals surface area contributed by atoms with Gasteiger partial charge in [0.15, 0.2) is 0 Å². The van der Waals surface area contributed by atoms with E-state index in [0.717, 1.165) is 29.1 Å². The smallest absolute Gasteiger partial charge is 0.0551 e. The Kier molecular flexibility index (Phi) is 7.37. The van der Waals surface area contributed by atoms with Crippen LogP contribution in [0.2, 0.25) is 5.02 Å². The van der Waals surface area contributed by atoms with Crippen LogP contribution in [0.25, 0.3) is 0 Å². The number of nitrogens with one attached hydrogen (secondary N) is 1. The molecule has 0 saturated heterocycles. The predicted octanol–water partition coefficient (Wildman–Crippen LogP) is 4.31. The normalized spacial score (nSPS) is 11.8. The summed E-state index contributed by atoms with van der Waals surface area (Å²) in [6.07, 6.45) is 0. The van der Waals surface area contributed by atoms with Crippen LogP contribution in [-0.2, 0) is 6.54 Å². The molecule has 1 N–H and O–H groups in total. The summed E-state index contributed by atoms with van der Waals surface area (Å²) in [6.45, 7) is 11.9. The molecule has 0 atom stereocenters. The fraction of sp³-hybridized carbons (Fsp3) is 0.600. The number of halogens is 2. The zero-order valence-corrected chi connectivity index (χ0v) is 14.6. The van der Waals surface area contributed by atoms with E-state index in [0.29, 0.717) is 12.1 Å². The van der Waals surface area contributed by atoms with Crippen LogP contribution in [0.15, 0.2) is 22.7 Å². The summed E-state index contributed by atoms with van der Waals surface area (Å²) < 4.78 is 0.948. The minimum absolute atomic E-state index is 0.587. The highest BCUT2D eigenvalue weighted by Crippen LogP contribution is 2.22. The van der Waals surface area contributed by atoms with Crippen molar-refractivity contribution >= 4 is 27.5 Å². The average molecular weight is 348 g/mol. The highest BCUT2D eigenvalue weighted by Gasteiger charge is 2.12. The zero-order valence-electron chi connectivity index (χ0n) is 12.2. The van der Waals surface area contributed by atoms with Crippen molar-refractivity contribution in [1.29, 1.82) is 0 Å². The van der Waals surface area contributed by atoms with E-state index in [1.54, 1.807) is 0 Å². The number of nitrogens with zero attached hydrogens (tertiary/aromatic N) is 1. The second-order valence-corrected chi connectivity index (χ2v) is 6.61. The summed E-state index contributed by atoms with van der Waals surface area (Å²) >= 11 is 9.48. The van der Waals surface area contributed by atoms with E-state index in [1.165, 1.54) is 5.56 Å². The maximum atomic E-state index is 6.08. The molecule has 0 heterocycles. The van der Waals surface area contributed by atoms with E-state index < -0.39 is 0 Å². The molecule has 0 unspecified atom stereocenters. The predicted molar refractivity (Wildman–Crippen MR) is 87.8 cm³/mol. The van der Waals surface area contributed by atoms with E-state index in [4.69, 9.17) is 11.6 Å². The Balaban J connectivity index is 2.36.